The first kappa shape index (κ1) is 14.0. The summed E-state index contributed by atoms with van der Waals surface area (Å²) in [5, 5.41) is 0. The quantitative estimate of drug-likeness (QED) is 0.615. The van der Waals surface area contributed by atoms with Gasteiger partial charge in [-0.25, -0.2) is 0 Å². The third-order valence-corrected chi connectivity index (χ3v) is 2.50. The van der Waals surface area contributed by atoms with E-state index in [0.717, 1.165) is 0 Å². The minimum absolute atomic E-state index is 1.50. The highest BCUT2D eigenvalue weighted by molar-refractivity contribution is 7.30. The summed E-state index contributed by atoms with van der Waals surface area (Å²) in [6.45, 7) is 0. The summed E-state index contributed by atoms with van der Waals surface area (Å²) in [5.41, 5.74) is 0. The molecule has 0 atom stereocenters. The van der Waals surface area contributed by atoms with Crippen LogP contribution in [0.5, 0.6) is 0 Å². The molecule has 1 saturated carbocycles. The fourth-order valence-corrected chi connectivity index (χ4v) is 1.77. The molecule has 0 bridgehead atoms. The predicted octanol–water partition coefficient (Wildman–Crippen LogP) is 3.53. The first-order valence-electron chi connectivity index (χ1n) is 5.58. The Balaban J connectivity index is 0.000000364. The smallest absolute Gasteiger partial charge is 0.134 e. The molecule has 0 aromatic carbocycles. The minimum Gasteiger partial charge on any atom is -0.134 e. The molecule has 14 heavy (non-hydrogen) atoms. The van der Waals surface area contributed by atoms with Crippen molar-refractivity contribution in [2.24, 2.45) is 0 Å². The monoisotopic (exact) mass is 221 g/mol. The van der Waals surface area contributed by atoms with Crippen LogP contribution < -0.4 is 0 Å². The summed E-state index contributed by atoms with van der Waals surface area (Å²) in [7, 11) is -2.87. The van der Waals surface area contributed by atoms with E-state index in [4.69, 9.17) is 14.4 Å². The highest BCUT2D eigenvalue weighted by Gasteiger charge is 1.95. The van der Waals surface area contributed by atoms with Crippen molar-refractivity contribution >= 4 is 8.25 Å². The zero-order valence-corrected chi connectivity index (χ0v) is 9.72. The molecule has 0 saturated heterocycles. The van der Waals surface area contributed by atoms with Crippen molar-refractivity contribution in [1.82, 2.24) is 0 Å². The van der Waals surface area contributed by atoms with E-state index in [2.05, 4.69) is 0 Å². The lowest BCUT2D eigenvalue weighted by Crippen LogP contribution is -1.85. The molecule has 2 N–H and O–H groups in total. The van der Waals surface area contributed by atoms with Crippen LogP contribution in [0.4, 0.5) is 0 Å². The van der Waals surface area contributed by atoms with E-state index < -0.39 is 8.25 Å². The largest absolute Gasteiger partial charge is 0.692 e. The van der Waals surface area contributed by atoms with Gasteiger partial charge in [0.2, 0.25) is 0 Å². The summed E-state index contributed by atoms with van der Waals surface area (Å²) in [6, 6.07) is 0. The van der Waals surface area contributed by atoms with Crippen LogP contribution in [-0.4, -0.2) is 9.79 Å². The Morgan fingerprint density at radius 2 is 0.643 bits per heavy atom. The topological polar surface area (TPSA) is 57.5 Å². The molecule has 0 amide bonds. The Hall–Kier alpha value is 0.0200. The molecular weight excluding hydrogens is 199 g/mol. The second-order valence-electron chi connectivity index (χ2n) is 3.79. The Morgan fingerprint density at radius 3 is 0.714 bits per heavy atom. The normalized spacial score (nSPS) is 19.0. The molecule has 84 valence electrons. The molecule has 0 heterocycles. The van der Waals surface area contributed by atoms with Gasteiger partial charge in [0.15, 0.2) is 0 Å². The van der Waals surface area contributed by atoms with Crippen molar-refractivity contribution in [3.8, 4) is 0 Å². The maximum atomic E-state index is 8.70. The van der Waals surface area contributed by atoms with Crippen LogP contribution in [0.1, 0.15) is 64.2 Å². The van der Waals surface area contributed by atoms with Gasteiger partial charge >= 0.3 is 8.25 Å². The first-order chi connectivity index (χ1) is 6.73. The third-order valence-electron chi connectivity index (χ3n) is 2.50. The molecule has 0 aromatic rings. The molecule has 1 rings (SSSR count). The van der Waals surface area contributed by atoms with E-state index in [1.165, 1.54) is 64.2 Å². The van der Waals surface area contributed by atoms with E-state index in [1.807, 2.05) is 0 Å². The van der Waals surface area contributed by atoms with E-state index in [-0.39, 0.29) is 0 Å². The molecule has 1 fully saturated rings. The Kier molecular flexibility index (Phi) is 11.1. The van der Waals surface area contributed by atoms with Crippen molar-refractivity contribution in [2.45, 2.75) is 64.2 Å². The molecule has 0 radical (unpaired) electrons. The third kappa shape index (κ3) is 14.5. The van der Waals surface area contributed by atoms with Crippen LogP contribution in [0.15, 0.2) is 0 Å². The van der Waals surface area contributed by atoms with Gasteiger partial charge in [0.1, 0.15) is 0 Å². The van der Waals surface area contributed by atoms with Gasteiger partial charge in [0.25, 0.3) is 0 Å². The van der Waals surface area contributed by atoms with E-state index in [1.54, 1.807) is 0 Å². The fourth-order valence-electron chi connectivity index (χ4n) is 1.77. The standard InChI is InChI=1S/C10H20.HO3P/c1-2-4-6-8-10-9-7-5-3-1;1-4(2)3/h1-10H2;(H-,1,2,3)/p+1. The zero-order valence-electron chi connectivity index (χ0n) is 8.82. The molecule has 4 heteroatoms. The molecule has 0 spiro atoms. The average Bonchev–Trinajstić information content (AvgIpc) is 2.14. The molecule has 3 nitrogen and oxygen atoms in total. The molecule has 1 aliphatic carbocycles. The average molecular weight is 221 g/mol. The number of rotatable bonds is 0. The van der Waals surface area contributed by atoms with Crippen molar-refractivity contribution < 1.29 is 14.4 Å². The summed E-state index contributed by atoms with van der Waals surface area (Å²) >= 11 is 0. The van der Waals surface area contributed by atoms with E-state index >= 15 is 0 Å². The summed E-state index contributed by atoms with van der Waals surface area (Å²) in [4.78, 5) is 14.2. The fraction of sp³-hybridized carbons (Fsp3) is 1.00. The van der Waals surface area contributed by atoms with Gasteiger partial charge < -0.3 is 0 Å². The van der Waals surface area contributed by atoms with Gasteiger partial charge in [-0.15, -0.1) is 9.79 Å². The van der Waals surface area contributed by atoms with Crippen molar-refractivity contribution in [3.63, 3.8) is 0 Å². The Labute approximate surface area is 87.5 Å². The van der Waals surface area contributed by atoms with Gasteiger partial charge in [-0.2, -0.15) is 0 Å². The van der Waals surface area contributed by atoms with Gasteiger partial charge in [-0.05, 0) is 0 Å². The van der Waals surface area contributed by atoms with Crippen molar-refractivity contribution in [2.75, 3.05) is 0 Å². The lowest BCUT2D eigenvalue weighted by atomic mass is 10.0. The highest BCUT2D eigenvalue weighted by atomic mass is 31.1. The maximum Gasteiger partial charge on any atom is 0.692 e. The minimum atomic E-state index is -2.87. The highest BCUT2D eigenvalue weighted by Crippen LogP contribution is 2.15. The second kappa shape index (κ2) is 11.1. The zero-order chi connectivity index (χ0) is 10.6. The predicted molar refractivity (Wildman–Crippen MR) is 58.2 cm³/mol. The Bertz CT molecular complexity index is 102. The molecule has 0 aliphatic heterocycles. The lowest BCUT2D eigenvalue weighted by molar-refractivity contribution is 0.405. The van der Waals surface area contributed by atoms with Crippen molar-refractivity contribution in [1.29, 1.82) is 0 Å². The van der Waals surface area contributed by atoms with Crippen LogP contribution >= 0.6 is 8.25 Å². The molecule has 1 aliphatic rings. The summed E-state index contributed by atoms with van der Waals surface area (Å²) in [6.07, 6.45) is 15.0. The van der Waals surface area contributed by atoms with E-state index in [9.17, 15) is 0 Å². The van der Waals surface area contributed by atoms with Crippen LogP contribution in [0.3, 0.4) is 0 Å². The Morgan fingerprint density at radius 1 is 0.571 bits per heavy atom. The second-order valence-corrected chi connectivity index (χ2v) is 4.29. The maximum absolute atomic E-state index is 8.70. The first-order valence-corrected chi connectivity index (χ1v) is 6.75. The SMILES string of the molecule is C1CCCCCCCCC1.O=[P+](O)O. The number of hydrogen-bond donors (Lipinski definition) is 2. The van der Waals surface area contributed by atoms with Crippen LogP contribution in [0, 0.1) is 0 Å². The van der Waals surface area contributed by atoms with Crippen LogP contribution in [-0.2, 0) is 4.57 Å². The summed E-state index contributed by atoms with van der Waals surface area (Å²) in [5.74, 6) is 0. The molecule has 0 unspecified atom stereocenters. The van der Waals surface area contributed by atoms with Gasteiger partial charge in [0, 0.05) is 4.57 Å². The molecule has 0 aromatic heterocycles. The summed E-state index contributed by atoms with van der Waals surface area (Å²) < 4.78 is 8.70. The van der Waals surface area contributed by atoms with Crippen molar-refractivity contribution in [3.05, 3.63) is 0 Å². The van der Waals surface area contributed by atoms with Gasteiger partial charge in [-0.1, -0.05) is 64.2 Å². The van der Waals surface area contributed by atoms with Gasteiger partial charge in [0.05, 0.1) is 0 Å². The number of hydrogen-bond acceptors (Lipinski definition) is 1. The van der Waals surface area contributed by atoms with E-state index in [0.29, 0.717) is 0 Å². The lowest BCUT2D eigenvalue weighted by Gasteiger charge is -2.05. The van der Waals surface area contributed by atoms with Gasteiger partial charge in [-0.3, -0.25) is 0 Å². The van der Waals surface area contributed by atoms with Crippen LogP contribution in [0.2, 0.25) is 0 Å². The molecular formula is C10H22O3P+. The van der Waals surface area contributed by atoms with Crippen LogP contribution in [0.25, 0.3) is 0 Å².